The molecule has 0 aromatic carbocycles. The molecule has 0 radical (unpaired) electrons. The third kappa shape index (κ3) is 2.72. The van der Waals surface area contributed by atoms with Gasteiger partial charge in [0.2, 0.25) is 0 Å². The number of rotatable bonds is 3. The summed E-state index contributed by atoms with van der Waals surface area (Å²) in [5.74, 6) is 0.282. The van der Waals surface area contributed by atoms with Crippen molar-refractivity contribution in [2.75, 3.05) is 7.05 Å². The Morgan fingerprint density at radius 1 is 1.47 bits per heavy atom. The van der Waals surface area contributed by atoms with E-state index in [9.17, 15) is 4.79 Å². The molecule has 0 aliphatic carbocycles. The fraction of sp³-hybridized carbons (Fsp3) is 0.545. The molecule has 0 saturated carbocycles. The van der Waals surface area contributed by atoms with Gasteiger partial charge in [0, 0.05) is 16.8 Å². The van der Waals surface area contributed by atoms with Gasteiger partial charge in [0.05, 0.1) is 6.04 Å². The van der Waals surface area contributed by atoms with Crippen LogP contribution in [0.1, 0.15) is 29.6 Å². The van der Waals surface area contributed by atoms with Gasteiger partial charge in [-0.1, -0.05) is 13.8 Å². The van der Waals surface area contributed by atoms with E-state index in [4.69, 9.17) is 5.11 Å². The first kappa shape index (κ1) is 12.0. The summed E-state index contributed by atoms with van der Waals surface area (Å²) in [7, 11) is 1.63. The number of amides is 1. The number of thiophene rings is 1. The van der Waals surface area contributed by atoms with Crippen LogP contribution in [0.25, 0.3) is 0 Å². The van der Waals surface area contributed by atoms with Crippen molar-refractivity contribution in [2.24, 2.45) is 5.92 Å². The summed E-state index contributed by atoms with van der Waals surface area (Å²) in [6, 6.07) is 4.01. The first-order chi connectivity index (χ1) is 6.93. The smallest absolute Gasteiger partial charge is 0.407 e. The number of nitrogens with zero attached hydrogens (tertiary/aromatic N) is 1. The number of carboxylic acid groups (broad SMARTS) is 1. The number of hydrogen-bond donors (Lipinski definition) is 1. The van der Waals surface area contributed by atoms with Gasteiger partial charge in [-0.2, -0.15) is 0 Å². The Morgan fingerprint density at radius 3 is 2.40 bits per heavy atom. The van der Waals surface area contributed by atoms with Crippen molar-refractivity contribution in [3.63, 3.8) is 0 Å². The molecule has 4 heteroatoms. The molecule has 1 amide bonds. The standard InChI is InChI=1S/C11H17NO2S/c1-7(2)10(12(4)11(13)14)9-6-5-8(3)15-9/h5-7,10H,1-4H3,(H,13,14). The Labute approximate surface area is 94.3 Å². The minimum Gasteiger partial charge on any atom is -0.465 e. The molecular weight excluding hydrogens is 210 g/mol. The van der Waals surface area contributed by atoms with E-state index in [1.165, 1.54) is 9.78 Å². The SMILES string of the molecule is Cc1ccc(C(C(C)C)N(C)C(=O)O)s1. The van der Waals surface area contributed by atoms with Crippen LogP contribution < -0.4 is 0 Å². The molecular formula is C11H17NO2S. The zero-order valence-corrected chi connectivity index (χ0v) is 10.3. The fourth-order valence-electron chi connectivity index (χ4n) is 1.70. The van der Waals surface area contributed by atoms with E-state index in [1.54, 1.807) is 18.4 Å². The topological polar surface area (TPSA) is 40.5 Å². The summed E-state index contributed by atoms with van der Waals surface area (Å²) in [5, 5.41) is 9.00. The van der Waals surface area contributed by atoms with Gasteiger partial charge in [-0.3, -0.25) is 0 Å². The van der Waals surface area contributed by atoms with Crippen LogP contribution in [0, 0.1) is 12.8 Å². The third-order valence-corrected chi connectivity index (χ3v) is 3.47. The number of aryl methyl sites for hydroxylation is 1. The highest BCUT2D eigenvalue weighted by Crippen LogP contribution is 2.32. The molecule has 1 rings (SSSR count). The molecule has 15 heavy (non-hydrogen) atoms. The lowest BCUT2D eigenvalue weighted by atomic mass is 10.0. The van der Waals surface area contributed by atoms with E-state index in [2.05, 4.69) is 0 Å². The Bertz CT molecular complexity index is 346. The van der Waals surface area contributed by atoms with Crippen LogP contribution in [0.3, 0.4) is 0 Å². The van der Waals surface area contributed by atoms with E-state index in [1.807, 2.05) is 32.9 Å². The second-order valence-corrected chi connectivity index (χ2v) is 5.35. The third-order valence-electron chi connectivity index (χ3n) is 2.40. The Balaban J connectivity index is 2.98. The lowest BCUT2D eigenvalue weighted by Crippen LogP contribution is -2.32. The molecule has 1 N–H and O–H groups in total. The van der Waals surface area contributed by atoms with Crippen LogP contribution in [0.4, 0.5) is 4.79 Å². The quantitative estimate of drug-likeness (QED) is 0.860. The highest BCUT2D eigenvalue weighted by molar-refractivity contribution is 7.12. The molecule has 0 aliphatic heterocycles. The predicted octanol–water partition coefficient (Wildman–Crippen LogP) is 3.36. The van der Waals surface area contributed by atoms with Crippen LogP contribution in [-0.4, -0.2) is 23.1 Å². The predicted molar refractivity (Wildman–Crippen MR) is 62.4 cm³/mol. The normalized spacial score (nSPS) is 12.9. The Morgan fingerprint density at radius 2 is 2.07 bits per heavy atom. The van der Waals surface area contributed by atoms with Gasteiger partial charge < -0.3 is 10.0 Å². The lowest BCUT2D eigenvalue weighted by Gasteiger charge is -2.28. The molecule has 84 valence electrons. The van der Waals surface area contributed by atoms with Gasteiger partial charge in [0.15, 0.2) is 0 Å². The van der Waals surface area contributed by atoms with E-state index in [-0.39, 0.29) is 12.0 Å². The Hall–Kier alpha value is -1.03. The Kier molecular flexibility index (Phi) is 3.74. The monoisotopic (exact) mass is 227 g/mol. The first-order valence-electron chi connectivity index (χ1n) is 4.95. The molecule has 3 nitrogen and oxygen atoms in total. The summed E-state index contributed by atoms with van der Waals surface area (Å²) < 4.78 is 0. The largest absolute Gasteiger partial charge is 0.465 e. The van der Waals surface area contributed by atoms with Crippen molar-refractivity contribution in [3.05, 3.63) is 21.9 Å². The van der Waals surface area contributed by atoms with E-state index in [0.717, 1.165) is 4.88 Å². The minimum absolute atomic E-state index is 0.0406. The van der Waals surface area contributed by atoms with Crippen LogP contribution in [0.2, 0.25) is 0 Å². The molecule has 0 saturated heterocycles. The van der Waals surface area contributed by atoms with Gasteiger partial charge in [-0.15, -0.1) is 11.3 Å². The van der Waals surface area contributed by atoms with E-state index >= 15 is 0 Å². The van der Waals surface area contributed by atoms with Crippen LogP contribution >= 0.6 is 11.3 Å². The van der Waals surface area contributed by atoms with Crippen molar-refractivity contribution < 1.29 is 9.90 Å². The van der Waals surface area contributed by atoms with Crippen molar-refractivity contribution in [1.82, 2.24) is 4.90 Å². The molecule has 0 bridgehead atoms. The van der Waals surface area contributed by atoms with Crippen molar-refractivity contribution in [2.45, 2.75) is 26.8 Å². The summed E-state index contributed by atoms with van der Waals surface area (Å²) in [5.41, 5.74) is 0. The summed E-state index contributed by atoms with van der Waals surface area (Å²) >= 11 is 1.66. The van der Waals surface area contributed by atoms with Gasteiger partial charge in [-0.05, 0) is 25.0 Å². The van der Waals surface area contributed by atoms with Gasteiger partial charge in [0.1, 0.15) is 0 Å². The van der Waals surface area contributed by atoms with Crippen molar-refractivity contribution >= 4 is 17.4 Å². The molecule has 0 aliphatic rings. The maximum Gasteiger partial charge on any atom is 0.407 e. The van der Waals surface area contributed by atoms with E-state index < -0.39 is 6.09 Å². The summed E-state index contributed by atoms with van der Waals surface area (Å²) in [6.45, 7) is 6.12. The highest BCUT2D eigenvalue weighted by atomic mass is 32.1. The van der Waals surface area contributed by atoms with Crippen molar-refractivity contribution in [1.29, 1.82) is 0 Å². The van der Waals surface area contributed by atoms with Crippen LogP contribution in [0.5, 0.6) is 0 Å². The molecule has 1 unspecified atom stereocenters. The minimum atomic E-state index is -0.875. The van der Waals surface area contributed by atoms with Gasteiger partial charge >= 0.3 is 6.09 Å². The summed E-state index contributed by atoms with van der Waals surface area (Å²) in [4.78, 5) is 14.7. The number of carbonyl (C=O) groups is 1. The van der Waals surface area contributed by atoms with Crippen molar-refractivity contribution in [3.8, 4) is 0 Å². The second kappa shape index (κ2) is 4.66. The molecule has 1 aromatic heterocycles. The molecule has 1 heterocycles. The van der Waals surface area contributed by atoms with Crippen LogP contribution in [0.15, 0.2) is 12.1 Å². The van der Waals surface area contributed by atoms with Crippen LogP contribution in [-0.2, 0) is 0 Å². The molecule has 1 atom stereocenters. The molecule has 0 fully saturated rings. The molecule has 0 spiro atoms. The first-order valence-corrected chi connectivity index (χ1v) is 5.77. The van der Waals surface area contributed by atoms with E-state index in [0.29, 0.717) is 0 Å². The second-order valence-electron chi connectivity index (χ2n) is 4.03. The average molecular weight is 227 g/mol. The highest BCUT2D eigenvalue weighted by Gasteiger charge is 2.25. The average Bonchev–Trinajstić information content (AvgIpc) is 2.51. The maximum atomic E-state index is 11.0. The molecule has 1 aromatic rings. The zero-order valence-electron chi connectivity index (χ0n) is 9.52. The van der Waals surface area contributed by atoms with Gasteiger partial charge in [-0.25, -0.2) is 4.79 Å². The fourth-order valence-corrected chi connectivity index (χ4v) is 2.89. The zero-order chi connectivity index (χ0) is 11.6. The lowest BCUT2D eigenvalue weighted by molar-refractivity contribution is 0.126. The summed E-state index contributed by atoms with van der Waals surface area (Å²) in [6.07, 6.45) is -0.875. The maximum absolute atomic E-state index is 11.0. The number of hydrogen-bond acceptors (Lipinski definition) is 2. The van der Waals surface area contributed by atoms with Gasteiger partial charge in [0.25, 0.3) is 0 Å².